The minimum atomic E-state index is -1.28. The van der Waals surface area contributed by atoms with E-state index in [0.717, 1.165) is 0 Å². The number of hydrogen-bond acceptors (Lipinski definition) is 3. The van der Waals surface area contributed by atoms with Crippen LogP contribution in [0.1, 0.15) is 36.7 Å². The molecule has 0 aliphatic rings. The van der Waals surface area contributed by atoms with E-state index in [0.29, 0.717) is 11.1 Å². The van der Waals surface area contributed by atoms with Gasteiger partial charge in [0.25, 0.3) is 5.91 Å². The fourth-order valence-corrected chi connectivity index (χ4v) is 1.85. The van der Waals surface area contributed by atoms with E-state index in [1.807, 2.05) is 0 Å². The van der Waals surface area contributed by atoms with Crippen molar-refractivity contribution in [1.82, 2.24) is 4.90 Å². The largest absolute Gasteiger partial charge is 0.508 e. The molecule has 0 spiro atoms. The van der Waals surface area contributed by atoms with Crippen LogP contribution < -0.4 is 0 Å². The Morgan fingerprint density at radius 1 is 1.32 bits per heavy atom. The summed E-state index contributed by atoms with van der Waals surface area (Å²) in [5.74, 6) is -1.31. The van der Waals surface area contributed by atoms with Crippen molar-refractivity contribution in [3.05, 3.63) is 29.3 Å². The van der Waals surface area contributed by atoms with Crippen molar-refractivity contribution < 1.29 is 19.8 Å². The predicted octanol–water partition coefficient (Wildman–Crippen LogP) is 2.03. The lowest BCUT2D eigenvalue weighted by atomic mass is 10.0. The van der Waals surface area contributed by atoms with Crippen molar-refractivity contribution in [3.63, 3.8) is 0 Å². The summed E-state index contributed by atoms with van der Waals surface area (Å²) in [6.45, 7) is 6.69. The van der Waals surface area contributed by atoms with E-state index in [9.17, 15) is 19.8 Å². The molecule has 0 radical (unpaired) electrons. The zero-order valence-electron chi connectivity index (χ0n) is 11.6. The molecule has 0 unspecified atom stereocenters. The topological polar surface area (TPSA) is 77.8 Å². The lowest BCUT2D eigenvalue weighted by Gasteiger charge is -2.34. The van der Waals surface area contributed by atoms with Crippen LogP contribution in [0.25, 0.3) is 0 Å². The van der Waals surface area contributed by atoms with Crippen LogP contribution in [-0.4, -0.2) is 39.1 Å². The molecule has 5 heteroatoms. The number of carbonyl (C=O) groups excluding carboxylic acids is 1. The third-order valence-electron chi connectivity index (χ3n) is 3.20. The van der Waals surface area contributed by atoms with Crippen molar-refractivity contribution in [2.45, 2.75) is 33.2 Å². The number of rotatable bonds is 4. The number of carboxylic acids is 1. The van der Waals surface area contributed by atoms with Gasteiger partial charge in [0.1, 0.15) is 11.3 Å². The van der Waals surface area contributed by atoms with Crippen LogP contribution in [0.2, 0.25) is 0 Å². The number of benzene rings is 1. The van der Waals surface area contributed by atoms with Crippen LogP contribution in [0.5, 0.6) is 5.75 Å². The number of amides is 1. The molecule has 0 bridgehead atoms. The van der Waals surface area contributed by atoms with Crippen molar-refractivity contribution in [3.8, 4) is 5.75 Å². The number of aromatic hydroxyl groups is 1. The smallest absolute Gasteiger partial charge is 0.329 e. The van der Waals surface area contributed by atoms with Gasteiger partial charge in [0.05, 0.1) is 0 Å². The van der Waals surface area contributed by atoms with Gasteiger partial charge in [-0.15, -0.1) is 0 Å². The number of carbonyl (C=O) groups is 2. The Bertz CT molecular complexity index is 508. The summed E-state index contributed by atoms with van der Waals surface area (Å²) in [4.78, 5) is 24.9. The molecule has 0 aliphatic heterocycles. The maximum atomic E-state index is 12.4. The number of aryl methyl sites for hydroxylation is 1. The van der Waals surface area contributed by atoms with Gasteiger partial charge in [0, 0.05) is 12.1 Å². The van der Waals surface area contributed by atoms with Crippen LogP contribution >= 0.6 is 0 Å². The Kier molecular flexibility index (Phi) is 4.19. The van der Waals surface area contributed by atoms with Gasteiger partial charge in [0.15, 0.2) is 0 Å². The van der Waals surface area contributed by atoms with E-state index in [-0.39, 0.29) is 18.2 Å². The maximum absolute atomic E-state index is 12.4. The molecule has 19 heavy (non-hydrogen) atoms. The van der Waals surface area contributed by atoms with Crippen molar-refractivity contribution in [2.24, 2.45) is 0 Å². The second-order valence-electron chi connectivity index (χ2n) is 4.91. The molecule has 1 rings (SSSR count). The van der Waals surface area contributed by atoms with E-state index in [1.165, 1.54) is 30.9 Å². The molecule has 0 fully saturated rings. The van der Waals surface area contributed by atoms with E-state index in [1.54, 1.807) is 19.9 Å². The number of phenolic OH excluding ortho intramolecular Hbond substituents is 1. The number of aliphatic carboxylic acids is 1. The molecule has 0 saturated carbocycles. The second kappa shape index (κ2) is 5.30. The molecule has 0 aliphatic carbocycles. The molecular weight excluding hydrogens is 246 g/mol. The van der Waals surface area contributed by atoms with E-state index in [2.05, 4.69) is 0 Å². The first kappa shape index (κ1) is 15.0. The fraction of sp³-hybridized carbons (Fsp3) is 0.429. The monoisotopic (exact) mass is 265 g/mol. The molecular formula is C14H19NO4. The van der Waals surface area contributed by atoms with E-state index in [4.69, 9.17) is 0 Å². The quantitative estimate of drug-likeness (QED) is 0.873. The summed E-state index contributed by atoms with van der Waals surface area (Å²) in [6, 6.07) is 4.48. The molecule has 0 heterocycles. The summed E-state index contributed by atoms with van der Waals surface area (Å²) in [5, 5.41) is 18.7. The third kappa shape index (κ3) is 2.86. The van der Waals surface area contributed by atoms with Gasteiger partial charge in [-0.1, -0.05) is 0 Å². The molecule has 0 aromatic heterocycles. The van der Waals surface area contributed by atoms with Crippen molar-refractivity contribution >= 4 is 11.9 Å². The normalized spacial score (nSPS) is 11.2. The minimum absolute atomic E-state index is 0.108. The molecule has 104 valence electrons. The Hall–Kier alpha value is -2.04. The highest BCUT2D eigenvalue weighted by Crippen LogP contribution is 2.22. The predicted molar refractivity (Wildman–Crippen MR) is 71.3 cm³/mol. The number of nitrogens with zero attached hydrogens (tertiary/aromatic N) is 1. The van der Waals surface area contributed by atoms with Crippen LogP contribution in [-0.2, 0) is 4.79 Å². The Morgan fingerprint density at radius 2 is 1.89 bits per heavy atom. The minimum Gasteiger partial charge on any atom is -0.508 e. The van der Waals surface area contributed by atoms with Crippen molar-refractivity contribution in [2.75, 3.05) is 6.54 Å². The number of phenols is 1. The van der Waals surface area contributed by atoms with Gasteiger partial charge in [-0.25, -0.2) is 4.79 Å². The first-order valence-electron chi connectivity index (χ1n) is 6.06. The highest BCUT2D eigenvalue weighted by atomic mass is 16.4. The van der Waals surface area contributed by atoms with Gasteiger partial charge >= 0.3 is 5.97 Å². The molecule has 1 aromatic rings. The summed E-state index contributed by atoms with van der Waals surface area (Å²) in [6.07, 6.45) is 0. The van der Waals surface area contributed by atoms with E-state index >= 15 is 0 Å². The average Bonchev–Trinajstić information content (AvgIpc) is 2.32. The van der Waals surface area contributed by atoms with Gasteiger partial charge in [-0.3, -0.25) is 4.79 Å². The van der Waals surface area contributed by atoms with Gasteiger partial charge in [-0.05, 0) is 51.5 Å². The summed E-state index contributed by atoms with van der Waals surface area (Å²) < 4.78 is 0. The molecule has 0 atom stereocenters. The number of hydrogen-bond donors (Lipinski definition) is 2. The van der Waals surface area contributed by atoms with Crippen molar-refractivity contribution in [1.29, 1.82) is 0 Å². The van der Waals surface area contributed by atoms with Crippen LogP contribution in [0.4, 0.5) is 0 Å². The SMILES string of the molecule is CCN(C(=O)c1ccc(O)c(C)c1)C(C)(C)C(=O)O. The Morgan fingerprint density at radius 3 is 2.32 bits per heavy atom. The summed E-state index contributed by atoms with van der Waals surface area (Å²) in [5.41, 5.74) is -0.334. The molecule has 5 nitrogen and oxygen atoms in total. The third-order valence-corrected chi connectivity index (χ3v) is 3.20. The zero-order chi connectivity index (χ0) is 14.8. The molecule has 1 aromatic carbocycles. The number of likely N-dealkylation sites (N-methyl/N-ethyl adjacent to an activating group) is 1. The van der Waals surface area contributed by atoms with Crippen LogP contribution in [0, 0.1) is 6.92 Å². The lowest BCUT2D eigenvalue weighted by molar-refractivity contribution is -0.147. The van der Waals surface area contributed by atoms with Crippen LogP contribution in [0.15, 0.2) is 18.2 Å². The standard InChI is InChI=1S/C14H19NO4/c1-5-15(14(3,4)13(18)19)12(17)10-6-7-11(16)9(2)8-10/h6-8,16H,5H2,1-4H3,(H,18,19). The van der Waals surface area contributed by atoms with Gasteiger partial charge < -0.3 is 15.1 Å². The van der Waals surface area contributed by atoms with Gasteiger partial charge in [0.2, 0.25) is 0 Å². The highest BCUT2D eigenvalue weighted by molar-refractivity contribution is 5.98. The van der Waals surface area contributed by atoms with Crippen LogP contribution in [0.3, 0.4) is 0 Å². The summed E-state index contributed by atoms with van der Waals surface area (Å²) >= 11 is 0. The summed E-state index contributed by atoms with van der Waals surface area (Å²) in [7, 11) is 0. The van der Waals surface area contributed by atoms with E-state index < -0.39 is 11.5 Å². The fourth-order valence-electron chi connectivity index (χ4n) is 1.85. The first-order chi connectivity index (χ1) is 8.71. The molecule has 1 amide bonds. The highest BCUT2D eigenvalue weighted by Gasteiger charge is 2.37. The second-order valence-corrected chi connectivity index (χ2v) is 4.91. The maximum Gasteiger partial charge on any atom is 0.329 e. The first-order valence-corrected chi connectivity index (χ1v) is 6.06. The number of carboxylic acid groups (broad SMARTS) is 1. The molecule has 2 N–H and O–H groups in total. The van der Waals surface area contributed by atoms with Gasteiger partial charge in [-0.2, -0.15) is 0 Å². The lowest BCUT2D eigenvalue weighted by Crippen LogP contribution is -2.52. The zero-order valence-corrected chi connectivity index (χ0v) is 11.6. The Balaban J connectivity index is 3.15. The average molecular weight is 265 g/mol. The Labute approximate surface area is 112 Å². The molecule has 0 saturated heterocycles.